The second-order valence-electron chi connectivity index (χ2n) is 6.75. The van der Waals surface area contributed by atoms with Crippen LogP contribution in [0.25, 0.3) is 0 Å². The quantitative estimate of drug-likeness (QED) is 0.875. The maximum Gasteiger partial charge on any atom is 0.315 e. The summed E-state index contributed by atoms with van der Waals surface area (Å²) in [4.78, 5) is 21.5. The second kappa shape index (κ2) is 7.63. The number of pyridine rings is 1. The molecule has 134 valence electrons. The van der Waals surface area contributed by atoms with Crippen molar-refractivity contribution in [2.24, 2.45) is 5.92 Å². The van der Waals surface area contributed by atoms with E-state index in [2.05, 4.69) is 39.5 Å². The van der Waals surface area contributed by atoms with Crippen molar-refractivity contribution < 1.29 is 4.79 Å². The molecular formula is C18H26N6O. The van der Waals surface area contributed by atoms with Gasteiger partial charge in [0.15, 0.2) is 5.82 Å². The van der Waals surface area contributed by atoms with Crippen LogP contribution in [0.5, 0.6) is 0 Å². The first-order chi connectivity index (χ1) is 12.1. The van der Waals surface area contributed by atoms with Crippen molar-refractivity contribution in [3.05, 3.63) is 41.7 Å². The molecule has 2 atom stereocenters. The van der Waals surface area contributed by atoms with E-state index in [-0.39, 0.29) is 24.0 Å². The molecule has 0 bridgehead atoms. The van der Waals surface area contributed by atoms with Crippen molar-refractivity contribution in [2.45, 2.75) is 58.7 Å². The fourth-order valence-electron chi connectivity index (χ4n) is 3.17. The molecule has 0 aliphatic carbocycles. The van der Waals surface area contributed by atoms with Crippen LogP contribution < -0.4 is 10.6 Å². The van der Waals surface area contributed by atoms with Gasteiger partial charge in [0.25, 0.3) is 0 Å². The predicted octanol–water partition coefficient (Wildman–Crippen LogP) is 2.77. The van der Waals surface area contributed by atoms with Crippen LogP contribution in [0.1, 0.15) is 63.0 Å². The first-order valence-corrected chi connectivity index (χ1v) is 9.00. The van der Waals surface area contributed by atoms with Crippen LogP contribution >= 0.6 is 0 Å². The molecule has 0 saturated carbocycles. The van der Waals surface area contributed by atoms with Crippen molar-refractivity contribution in [1.29, 1.82) is 0 Å². The van der Waals surface area contributed by atoms with Crippen LogP contribution in [0, 0.1) is 5.92 Å². The molecular weight excluding hydrogens is 316 g/mol. The predicted molar refractivity (Wildman–Crippen MR) is 94.9 cm³/mol. The molecule has 0 saturated heterocycles. The first kappa shape index (κ1) is 17.4. The van der Waals surface area contributed by atoms with Crippen molar-refractivity contribution >= 4 is 6.03 Å². The summed E-state index contributed by atoms with van der Waals surface area (Å²) >= 11 is 0. The van der Waals surface area contributed by atoms with Gasteiger partial charge < -0.3 is 10.6 Å². The Morgan fingerprint density at radius 2 is 2.24 bits per heavy atom. The van der Waals surface area contributed by atoms with Gasteiger partial charge in [-0.15, -0.1) is 0 Å². The molecule has 1 aliphatic heterocycles. The molecule has 3 rings (SSSR count). The number of aromatic nitrogens is 4. The summed E-state index contributed by atoms with van der Waals surface area (Å²) in [6, 6.07) is 5.33. The number of amides is 2. The van der Waals surface area contributed by atoms with E-state index in [0.717, 1.165) is 43.1 Å². The van der Waals surface area contributed by atoms with Crippen molar-refractivity contribution in [2.75, 3.05) is 0 Å². The highest BCUT2D eigenvalue weighted by Gasteiger charge is 2.27. The van der Waals surface area contributed by atoms with E-state index in [4.69, 9.17) is 0 Å². The van der Waals surface area contributed by atoms with Gasteiger partial charge in [0.05, 0.1) is 17.8 Å². The Bertz CT molecular complexity index is 712. The zero-order valence-electron chi connectivity index (χ0n) is 15.1. The van der Waals surface area contributed by atoms with Crippen molar-refractivity contribution in [3.8, 4) is 0 Å². The van der Waals surface area contributed by atoms with Gasteiger partial charge in [-0.25, -0.2) is 14.5 Å². The molecule has 25 heavy (non-hydrogen) atoms. The van der Waals surface area contributed by atoms with E-state index in [9.17, 15) is 4.79 Å². The summed E-state index contributed by atoms with van der Waals surface area (Å²) in [5.74, 6) is 1.93. The third-order valence-electron chi connectivity index (χ3n) is 4.50. The Labute approximate surface area is 148 Å². The minimum Gasteiger partial charge on any atom is -0.330 e. The van der Waals surface area contributed by atoms with Gasteiger partial charge in [0.2, 0.25) is 0 Å². The van der Waals surface area contributed by atoms with Crippen molar-refractivity contribution in [1.82, 2.24) is 30.4 Å². The summed E-state index contributed by atoms with van der Waals surface area (Å²) in [5, 5.41) is 10.6. The monoisotopic (exact) mass is 342 g/mol. The van der Waals surface area contributed by atoms with E-state index < -0.39 is 0 Å². The molecule has 2 aromatic rings. The smallest absolute Gasteiger partial charge is 0.315 e. The van der Waals surface area contributed by atoms with Crippen LogP contribution in [-0.4, -0.2) is 25.8 Å². The number of rotatable bonds is 5. The number of nitrogens with one attached hydrogen (secondary N) is 2. The van der Waals surface area contributed by atoms with Crippen LogP contribution in [-0.2, 0) is 13.0 Å². The number of carbonyl (C=O) groups excluding carboxylic acids is 1. The molecule has 2 aromatic heterocycles. The van der Waals surface area contributed by atoms with Crippen LogP contribution in [0.4, 0.5) is 4.79 Å². The molecule has 2 N–H and O–H groups in total. The normalized spacial score (nSPS) is 17.8. The highest BCUT2D eigenvalue weighted by Crippen LogP contribution is 2.24. The van der Waals surface area contributed by atoms with Crippen LogP contribution in [0.3, 0.4) is 0 Å². The van der Waals surface area contributed by atoms with E-state index in [1.54, 1.807) is 6.20 Å². The molecule has 0 aromatic carbocycles. The van der Waals surface area contributed by atoms with Gasteiger partial charge in [-0.05, 0) is 30.9 Å². The topological polar surface area (TPSA) is 84.7 Å². The molecule has 7 heteroatoms. The third-order valence-corrected chi connectivity index (χ3v) is 4.50. The van der Waals surface area contributed by atoms with Gasteiger partial charge in [-0.2, -0.15) is 5.10 Å². The number of hydrogen-bond donors (Lipinski definition) is 2. The van der Waals surface area contributed by atoms with Crippen molar-refractivity contribution in [3.63, 3.8) is 0 Å². The van der Waals surface area contributed by atoms with E-state index in [0.29, 0.717) is 0 Å². The van der Waals surface area contributed by atoms with E-state index in [1.807, 2.05) is 29.8 Å². The van der Waals surface area contributed by atoms with Gasteiger partial charge in [0.1, 0.15) is 5.82 Å². The summed E-state index contributed by atoms with van der Waals surface area (Å²) in [5.41, 5.74) is 0.868. The lowest BCUT2D eigenvalue weighted by Crippen LogP contribution is -2.43. The standard InChI is InChI=1S/C18H26N6O/c1-4-15-21-17-14(9-7-11-24(17)23-15)20-18(25)22-16(12(2)3)13-8-5-6-10-19-13/h5-6,8,10,12,14,16H,4,7,9,11H2,1-3H3,(H2,20,22,25)/t14-,16+/m1/s1. The molecule has 0 radical (unpaired) electrons. The maximum atomic E-state index is 12.6. The highest BCUT2D eigenvalue weighted by molar-refractivity contribution is 5.74. The van der Waals surface area contributed by atoms with E-state index in [1.165, 1.54) is 0 Å². The average Bonchev–Trinajstić information content (AvgIpc) is 3.04. The summed E-state index contributed by atoms with van der Waals surface area (Å²) in [7, 11) is 0. The lowest BCUT2D eigenvalue weighted by molar-refractivity contribution is 0.224. The number of urea groups is 1. The van der Waals surface area contributed by atoms with Gasteiger partial charge in [0, 0.05) is 19.2 Å². The second-order valence-corrected chi connectivity index (χ2v) is 6.75. The fraction of sp³-hybridized carbons (Fsp3) is 0.556. The lowest BCUT2D eigenvalue weighted by atomic mass is 10.0. The molecule has 2 amide bonds. The Hall–Kier alpha value is -2.44. The average molecular weight is 342 g/mol. The number of hydrogen-bond acceptors (Lipinski definition) is 4. The SMILES string of the molecule is CCc1nc2n(n1)CCC[C@H]2NC(=O)N[C@H](c1ccccn1)C(C)C. The summed E-state index contributed by atoms with van der Waals surface area (Å²) < 4.78 is 1.92. The molecule has 1 aliphatic rings. The molecule has 7 nitrogen and oxygen atoms in total. The number of nitrogens with zero attached hydrogens (tertiary/aromatic N) is 4. The van der Waals surface area contributed by atoms with Crippen LogP contribution in [0.2, 0.25) is 0 Å². The minimum absolute atomic E-state index is 0.0990. The molecule has 3 heterocycles. The molecule has 0 unspecified atom stereocenters. The summed E-state index contributed by atoms with van der Waals surface area (Å²) in [6.07, 6.45) is 4.41. The zero-order chi connectivity index (χ0) is 17.8. The summed E-state index contributed by atoms with van der Waals surface area (Å²) in [6.45, 7) is 7.05. The fourth-order valence-corrected chi connectivity index (χ4v) is 3.17. The lowest BCUT2D eigenvalue weighted by Gasteiger charge is -2.26. The Morgan fingerprint density at radius 3 is 2.92 bits per heavy atom. The Morgan fingerprint density at radius 1 is 1.40 bits per heavy atom. The van der Waals surface area contributed by atoms with E-state index >= 15 is 0 Å². The largest absolute Gasteiger partial charge is 0.330 e. The Balaban J connectivity index is 1.69. The number of carbonyl (C=O) groups is 1. The molecule has 0 fully saturated rings. The van der Waals surface area contributed by atoms with Gasteiger partial charge in [-0.1, -0.05) is 26.8 Å². The van der Waals surface area contributed by atoms with Gasteiger partial charge in [-0.3, -0.25) is 4.98 Å². The first-order valence-electron chi connectivity index (χ1n) is 9.00. The van der Waals surface area contributed by atoms with Gasteiger partial charge >= 0.3 is 6.03 Å². The molecule has 0 spiro atoms. The maximum absolute atomic E-state index is 12.6. The third kappa shape index (κ3) is 3.97. The number of fused-ring (bicyclic) bond motifs is 1. The number of aryl methyl sites for hydroxylation is 2. The Kier molecular flexibility index (Phi) is 5.31. The zero-order valence-corrected chi connectivity index (χ0v) is 15.1. The van der Waals surface area contributed by atoms with Crippen LogP contribution in [0.15, 0.2) is 24.4 Å². The highest BCUT2D eigenvalue weighted by atomic mass is 16.2. The minimum atomic E-state index is -0.191.